The molecule has 2 N–H and O–H groups in total. The summed E-state index contributed by atoms with van der Waals surface area (Å²) in [6, 6.07) is 19.0. The first-order valence-corrected chi connectivity index (χ1v) is 11.5. The minimum Gasteiger partial charge on any atom is -0.492 e. The topological polar surface area (TPSA) is 84.5 Å². The maximum atomic E-state index is 13.1. The molecule has 0 aromatic heterocycles. The molecule has 7 heteroatoms. The zero-order valence-corrected chi connectivity index (χ0v) is 18.6. The Hall–Kier alpha value is -3.32. The van der Waals surface area contributed by atoms with Crippen LogP contribution in [0, 0.1) is 13.8 Å². The lowest BCUT2D eigenvalue weighted by molar-refractivity contribution is -0.114. The highest BCUT2D eigenvalue weighted by Crippen LogP contribution is 2.28. The highest BCUT2D eigenvalue weighted by molar-refractivity contribution is 7.91. The second kappa shape index (κ2) is 9.66. The largest absolute Gasteiger partial charge is 0.492 e. The van der Waals surface area contributed by atoms with Crippen molar-refractivity contribution in [3.8, 4) is 5.75 Å². The summed E-state index contributed by atoms with van der Waals surface area (Å²) in [7, 11) is -3.67. The fourth-order valence-electron chi connectivity index (χ4n) is 3.16. The number of carbonyl (C=O) groups excluding carboxylic acids is 1. The summed E-state index contributed by atoms with van der Waals surface area (Å²) in [5.74, 6) is 0.332. The van der Waals surface area contributed by atoms with Crippen molar-refractivity contribution in [3.05, 3.63) is 77.9 Å². The summed E-state index contributed by atoms with van der Waals surface area (Å²) in [6.07, 6.45) is 0. The first kappa shape index (κ1) is 22.4. The Morgan fingerprint density at radius 1 is 0.903 bits per heavy atom. The standard InChI is InChI=1S/C24H26N2O4S/c1-4-30-22-10-6-5-8-21(22)26-24(27)16-25-20-9-7-11-23(18(20)3)31(28,29)19-14-12-17(2)13-15-19/h5-15,25H,4,16H2,1-3H3,(H,26,27). The number of amides is 1. The lowest BCUT2D eigenvalue weighted by Gasteiger charge is -2.15. The van der Waals surface area contributed by atoms with E-state index in [4.69, 9.17) is 4.74 Å². The van der Waals surface area contributed by atoms with Crippen molar-refractivity contribution in [1.29, 1.82) is 0 Å². The number of ether oxygens (including phenoxy) is 1. The zero-order valence-electron chi connectivity index (χ0n) is 17.8. The van der Waals surface area contributed by atoms with E-state index < -0.39 is 9.84 Å². The van der Waals surface area contributed by atoms with Crippen LogP contribution in [0.25, 0.3) is 0 Å². The first-order valence-electron chi connectivity index (χ1n) is 10.00. The highest BCUT2D eigenvalue weighted by Gasteiger charge is 2.21. The third-order valence-corrected chi connectivity index (χ3v) is 6.72. The van der Waals surface area contributed by atoms with Crippen LogP contribution in [-0.4, -0.2) is 27.5 Å². The van der Waals surface area contributed by atoms with E-state index in [1.807, 2.05) is 26.0 Å². The Morgan fingerprint density at radius 2 is 1.58 bits per heavy atom. The van der Waals surface area contributed by atoms with Gasteiger partial charge < -0.3 is 15.4 Å². The van der Waals surface area contributed by atoms with Crippen LogP contribution in [0.5, 0.6) is 5.75 Å². The Kier molecular flexibility index (Phi) is 6.97. The minimum absolute atomic E-state index is 0.0185. The van der Waals surface area contributed by atoms with Crippen molar-refractivity contribution in [2.75, 3.05) is 23.8 Å². The average Bonchev–Trinajstić information content (AvgIpc) is 2.75. The number of hydrogen-bond donors (Lipinski definition) is 2. The Morgan fingerprint density at radius 3 is 2.29 bits per heavy atom. The molecule has 3 aromatic carbocycles. The maximum absolute atomic E-state index is 13.1. The average molecular weight is 439 g/mol. The van der Waals surface area contributed by atoms with E-state index in [1.165, 1.54) is 0 Å². The van der Waals surface area contributed by atoms with Gasteiger partial charge in [-0.15, -0.1) is 0 Å². The molecule has 0 fully saturated rings. The van der Waals surface area contributed by atoms with Crippen LogP contribution in [0.15, 0.2) is 76.5 Å². The summed E-state index contributed by atoms with van der Waals surface area (Å²) in [4.78, 5) is 12.9. The molecule has 0 atom stereocenters. The lowest BCUT2D eigenvalue weighted by atomic mass is 10.2. The van der Waals surface area contributed by atoms with Crippen molar-refractivity contribution < 1.29 is 17.9 Å². The predicted molar refractivity (Wildman–Crippen MR) is 123 cm³/mol. The molecule has 162 valence electrons. The molecule has 3 rings (SSSR count). The van der Waals surface area contributed by atoms with Gasteiger partial charge in [-0.05, 0) is 62.7 Å². The molecule has 0 bridgehead atoms. The van der Waals surface area contributed by atoms with Gasteiger partial charge in [0.1, 0.15) is 5.75 Å². The second-order valence-electron chi connectivity index (χ2n) is 7.08. The number of rotatable bonds is 8. The summed E-state index contributed by atoms with van der Waals surface area (Å²) in [5.41, 5.74) is 2.72. The van der Waals surface area contributed by atoms with E-state index in [0.29, 0.717) is 29.3 Å². The molecule has 6 nitrogen and oxygen atoms in total. The van der Waals surface area contributed by atoms with Gasteiger partial charge in [0.2, 0.25) is 15.7 Å². The Labute approximate surface area is 183 Å². The first-order chi connectivity index (χ1) is 14.8. The van der Waals surface area contributed by atoms with Crippen LogP contribution >= 0.6 is 0 Å². The van der Waals surface area contributed by atoms with Gasteiger partial charge in [-0.3, -0.25) is 4.79 Å². The van der Waals surface area contributed by atoms with Crippen molar-refractivity contribution in [2.45, 2.75) is 30.6 Å². The van der Waals surface area contributed by atoms with Crippen LogP contribution in [0.1, 0.15) is 18.1 Å². The van der Waals surface area contributed by atoms with Crippen molar-refractivity contribution in [1.82, 2.24) is 0 Å². The van der Waals surface area contributed by atoms with E-state index >= 15 is 0 Å². The molecule has 0 saturated carbocycles. The number of anilines is 2. The van der Waals surface area contributed by atoms with Crippen molar-refractivity contribution in [2.24, 2.45) is 0 Å². The summed E-state index contributed by atoms with van der Waals surface area (Å²) in [5, 5.41) is 5.86. The van der Waals surface area contributed by atoms with Gasteiger partial charge in [-0.2, -0.15) is 0 Å². The number of para-hydroxylation sites is 2. The van der Waals surface area contributed by atoms with Crippen LogP contribution in [0.3, 0.4) is 0 Å². The third kappa shape index (κ3) is 5.24. The molecule has 1 amide bonds. The SMILES string of the molecule is CCOc1ccccc1NC(=O)CNc1cccc(S(=O)(=O)c2ccc(C)cc2)c1C. The number of carbonyl (C=O) groups is 1. The highest BCUT2D eigenvalue weighted by atomic mass is 32.2. The molecule has 0 heterocycles. The number of sulfone groups is 1. The molecule has 0 unspecified atom stereocenters. The monoisotopic (exact) mass is 438 g/mol. The predicted octanol–water partition coefficient (Wildman–Crippen LogP) is 4.59. The van der Waals surface area contributed by atoms with Gasteiger partial charge in [-0.25, -0.2) is 8.42 Å². The van der Waals surface area contributed by atoms with Crippen LogP contribution < -0.4 is 15.4 Å². The zero-order chi connectivity index (χ0) is 22.4. The number of hydrogen-bond acceptors (Lipinski definition) is 5. The van der Waals surface area contributed by atoms with Gasteiger partial charge in [0.05, 0.1) is 28.6 Å². The third-order valence-electron chi connectivity index (χ3n) is 4.81. The van der Waals surface area contributed by atoms with Gasteiger partial charge in [0.15, 0.2) is 0 Å². The molecule has 0 radical (unpaired) electrons. The maximum Gasteiger partial charge on any atom is 0.243 e. The second-order valence-corrected chi connectivity index (χ2v) is 8.99. The fourth-order valence-corrected chi connectivity index (χ4v) is 4.68. The Bertz CT molecular complexity index is 1170. The molecule has 3 aromatic rings. The van der Waals surface area contributed by atoms with E-state index in [1.54, 1.807) is 61.5 Å². The molecule has 0 aliphatic rings. The Balaban J connectivity index is 1.75. The van der Waals surface area contributed by atoms with Crippen LogP contribution in [0.4, 0.5) is 11.4 Å². The number of aryl methyl sites for hydroxylation is 1. The molecular weight excluding hydrogens is 412 g/mol. The summed E-state index contributed by atoms with van der Waals surface area (Å²) < 4.78 is 31.7. The summed E-state index contributed by atoms with van der Waals surface area (Å²) in [6.45, 7) is 5.98. The molecule has 0 spiro atoms. The van der Waals surface area contributed by atoms with Crippen molar-refractivity contribution in [3.63, 3.8) is 0 Å². The minimum atomic E-state index is -3.67. The smallest absolute Gasteiger partial charge is 0.243 e. The van der Waals surface area contributed by atoms with Crippen LogP contribution in [0.2, 0.25) is 0 Å². The van der Waals surface area contributed by atoms with Gasteiger partial charge in [0.25, 0.3) is 0 Å². The molecular formula is C24H26N2O4S. The normalized spacial score (nSPS) is 11.1. The van der Waals surface area contributed by atoms with Crippen molar-refractivity contribution >= 4 is 27.1 Å². The van der Waals surface area contributed by atoms with Gasteiger partial charge in [0, 0.05) is 5.69 Å². The molecule has 31 heavy (non-hydrogen) atoms. The number of nitrogens with one attached hydrogen (secondary N) is 2. The van der Waals surface area contributed by atoms with E-state index in [9.17, 15) is 13.2 Å². The van der Waals surface area contributed by atoms with Gasteiger partial charge in [-0.1, -0.05) is 35.9 Å². The van der Waals surface area contributed by atoms with E-state index in [0.717, 1.165) is 5.56 Å². The van der Waals surface area contributed by atoms with E-state index in [2.05, 4.69) is 10.6 Å². The van der Waals surface area contributed by atoms with Crippen LogP contribution in [-0.2, 0) is 14.6 Å². The summed E-state index contributed by atoms with van der Waals surface area (Å²) >= 11 is 0. The quantitative estimate of drug-likeness (QED) is 0.538. The van der Waals surface area contributed by atoms with Gasteiger partial charge >= 0.3 is 0 Å². The number of benzene rings is 3. The molecule has 0 saturated heterocycles. The van der Waals surface area contributed by atoms with E-state index in [-0.39, 0.29) is 22.2 Å². The molecule has 0 aliphatic heterocycles. The fraction of sp³-hybridized carbons (Fsp3) is 0.208. The molecule has 0 aliphatic carbocycles. The lowest BCUT2D eigenvalue weighted by Crippen LogP contribution is -2.22.